The molecule has 3 aliphatic rings. The van der Waals surface area contributed by atoms with Crippen LogP contribution in [0.3, 0.4) is 0 Å². The minimum atomic E-state index is -0.549. The minimum Gasteiger partial charge on any atom is -0.506 e. The fraction of sp³-hybridized carbons (Fsp3) is 0.364. The highest BCUT2D eigenvalue weighted by Gasteiger charge is 2.26. The molecule has 4 aromatic carbocycles. The fourth-order valence-corrected chi connectivity index (χ4v) is 6.66. The van der Waals surface area contributed by atoms with E-state index in [4.69, 9.17) is 48.3 Å². The molecule has 0 saturated heterocycles. The number of rotatable bonds is 1. The Morgan fingerprint density at radius 1 is 0.774 bits per heavy atom. The quantitative estimate of drug-likeness (QED) is 0.0625. The number of fused-ring (bicyclic) bond motifs is 3. The van der Waals surface area contributed by atoms with Gasteiger partial charge in [0, 0.05) is 43.7 Å². The van der Waals surface area contributed by atoms with Crippen molar-refractivity contribution in [1.29, 1.82) is 0 Å². The molecule has 3 heterocycles. The van der Waals surface area contributed by atoms with E-state index in [1.54, 1.807) is 36.9 Å². The Hall–Kier alpha value is -2.79. The Bertz CT molecular complexity index is 2080. The van der Waals surface area contributed by atoms with Gasteiger partial charge in [-0.05, 0) is 142 Å². The van der Waals surface area contributed by atoms with Gasteiger partial charge in [0.05, 0.1) is 31.9 Å². The van der Waals surface area contributed by atoms with Gasteiger partial charge < -0.3 is 30.0 Å². The molecule has 62 heavy (non-hydrogen) atoms. The molecule has 0 fully saturated rings. The third-order valence-electron chi connectivity index (χ3n) is 7.98. The number of nitrogen functional groups attached to an aromatic ring is 1. The van der Waals surface area contributed by atoms with Crippen LogP contribution in [0.2, 0.25) is 6.82 Å². The first-order valence-corrected chi connectivity index (χ1v) is 22.9. The second-order valence-electron chi connectivity index (χ2n) is 13.1. The van der Waals surface area contributed by atoms with Crippen molar-refractivity contribution < 1.29 is 38.5 Å². The van der Waals surface area contributed by atoms with Crippen molar-refractivity contribution in [2.75, 3.05) is 17.2 Å². The van der Waals surface area contributed by atoms with Crippen molar-refractivity contribution in [2.24, 2.45) is 0 Å². The summed E-state index contributed by atoms with van der Waals surface area (Å²) < 4.78 is 20.7. The number of carbonyl (C=O) groups is 4. The number of phenolic OH excluding ortho intramolecular Hbond substituents is 1. The Labute approximate surface area is 415 Å². The largest absolute Gasteiger partial charge is 0.506 e. The molecule has 0 saturated carbocycles. The third kappa shape index (κ3) is 22.2. The fourth-order valence-electron chi connectivity index (χ4n) is 5.12. The van der Waals surface area contributed by atoms with Crippen LogP contribution in [0.25, 0.3) is 0 Å². The smallest absolute Gasteiger partial charge is 0.239 e. The van der Waals surface area contributed by atoms with E-state index >= 15 is 0 Å². The van der Waals surface area contributed by atoms with E-state index in [2.05, 4.69) is 96.2 Å². The standard InChI is InChI=1S/C11H12BrNO2.C10H9BrO2.C10H11BrO.C6H6BrNO.C3H4Cl2O.C2H3ClO.CH3B.CH4/c1-7-6-13(8(2)14)10-5-9(12)3-4-11(10)15-7;1-6-9(12)5-7-4-8(11)2-3-10(7)13-6;1-7-2-3-8-6-9(11)4-5-10(8)12-7;7-4-1-2-6(9)5(8)3-4;1-2(4)3(5)6;1-2(3)4;1-2;/h3-5,7H,6H2,1-2H3;2-4,6H,5H2,1H3;4-7H,2-3H2,1H3;1-3,9H,8H2;2H,1H3;1H3;1H3;1H4. The van der Waals surface area contributed by atoms with Gasteiger partial charge in [0.2, 0.25) is 16.4 Å². The van der Waals surface area contributed by atoms with E-state index in [0.29, 0.717) is 24.8 Å². The van der Waals surface area contributed by atoms with Crippen LogP contribution < -0.4 is 24.8 Å². The molecule has 10 nitrogen and oxygen atoms in total. The maximum Gasteiger partial charge on any atom is 0.239 e. The maximum atomic E-state index is 11.5. The van der Waals surface area contributed by atoms with Gasteiger partial charge in [-0.2, -0.15) is 0 Å². The minimum absolute atomic E-state index is 0. The monoisotopic (exact) mass is 1170 g/mol. The SMILES string of the molecule is C.CC(=O)Cl.CC(=O)N1CC(C)Oc2ccc(Br)cc21.CC(Cl)C(=O)Cl.CC1CCc2cc(Br)ccc2O1.CC1Oc2ccc(Br)cc2CC1=O.Nc1cc(Br)ccc1O.[B]C. The number of aromatic hydroxyl groups is 1. The number of ketones is 1. The van der Waals surface area contributed by atoms with Crippen LogP contribution in [0.1, 0.15) is 66.5 Å². The van der Waals surface area contributed by atoms with Crippen LogP contribution >= 0.6 is 98.5 Å². The molecule has 338 valence electrons. The van der Waals surface area contributed by atoms with Gasteiger partial charge in [0.15, 0.2) is 11.9 Å². The third-order valence-corrected chi connectivity index (χ3v) is 10.6. The number of benzene rings is 4. The van der Waals surface area contributed by atoms with Gasteiger partial charge >= 0.3 is 0 Å². The Morgan fingerprint density at radius 2 is 1.21 bits per heavy atom. The van der Waals surface area contributed by atoms with E-state index in [1.165, 1.54) is 26.2 Å². The van der Waals surface area contributed by atoms with Crippen LogP contribution in [0.4, 0.5) is 11.4 Å². The summed E-state index contributed by atoms with van der Waals surface area (Å²) in [6.45, 7) is 12.4. The predicted octanol–water partition coefficient (Wildman–Crippen LogP) is 12.8. The first kappa shape index (κ1) is 59.2. The van der Waals surface area contributed by atoms with E-state index in [-0.39, 0.29) is 42.3 Å². The topological polar surface area (TPSA) is 145 Å². The molecular weight excluding hydrogens is 1120 g/mol. The average Bonchev–Trinajstić information content (AvgIpc) is 3.18. The molecule has 3 N–H and O–H groups in total. The first-order chi connectivity index (χ1) is 28.6. The molecule has 0 aliphatic carbocycles. The van der Waals surface area contributed by atoms with Crippen molar-refractivity contribution in [1.82, 2.24) is 0 Å². The number of phenols is 1. The van der Waals surface area contributed by atoms with E-state index < -0.39 is 10.6 Å². The zero-order valence-corrected chi connectivity index (χ0v) is 43.2. The molecule has 18 heteroatoms. The predicted molar refractivity (Wildman–Crippen MR) is 269 cm³/mol. The van der Waals surface area contributed by atoms with Gasteiger partial charge in [0.1, 0.15) is 34.5 Å². The molecular formula is C44H52BBr4Cl3N2O8. The molecule has 0 spiro atoms. The summed E-state index contributed by atoms with van der Waals surface area (Å²) in [6, 6.07) is 22.6. The summed E-state index contributed by atoms with van der Waals surface area (Å²) >= 11 is 28.0. The van der Waals surface area contributed by atoms with Gasteiger partial charge in [-0.25, -0.2) is 0 Å². The van der Waals surface area contributed by atoms with Crippen LogP contribution in [0.15, 0.2) is 90.7 Å². The summed E-state index contributed by atoms with van der Waals surface area (Å²) in [5.41, 5.74) is 8.87. The molecule has 1 amide bonds. The molecule has 3 aliphatic heterocycles. The molecule has 2 radical (unpaired) electrons. The van der Waals surface area contributed by atoms with Crippen molar-refractivity contribution >= 4 is 140 Å². The second kappa shape index (κ2) is 30.4. The van der Waals surface area contributed by atoms with Crippen molar-refractivity contribution in [3.8, 4) is 23.0 Å². The summed E-state index contributed by atoms with van der Waals surface area (Å²) in [6.07, 6.45) is 2.87. The van der Waals surface area contributed by atoms with Gasteiger partial charge in [-0.1, -0.05) is 78.0 Å². The number of amides is 1. The second-order valence-corrected chi connectivity index (χ2v) is 18.4. The molecule has 4 unspecified atom stereocenters. The Kier molecular flexibility index (Phi) is 29.0. The maximum absolute atomic E-state index is 11.5. The molecule has 4 aromatic rings. The van der Waals surface area contributed by atoms with Gasteiger partial charge in [-0.15, -0.1) is 11.6 Å². The van der Waals surface area contributed by atoms with Crippen molar-refractivity contribution in [3.63, 3.8) is 0 Å². The van der Waals surface area contributed by atoms with Gasteiger partial charge in [0.25, 0.3) is 0 Å². The van der Waals surface area contributed by atoms with E-state index in [9.17, 15) is 19.2 Å². The molecule has 0 bridgehead atoms. The Balaban J connectivity index is 0.000000740. The van der Waals surface area contributed by atoms with Crippen molar-refractivity contribution in [3.05, 3.63) is 102 Å². The normalized spacial score (nSPS) is 16.4. The lowest BCUT2D eigenvalue weighted by Gasteiger charge is -2.32. The number of carbonyl (C=O) groups excluding carboxylic acids is 4. The Morgan fingerprint density at radius 3 is 1.69 bits per heavy atom. The number of hydrogen-bond donors (Lipinski definition) is 2. The lowest BCUT2D eigenvalue weighted by molar-refractivity contribution is -0.125. The number of anilines is 2. The number of Topliss-reactive ketones (excluding diaryl/α,β-unsaturated/α-hetero) is 1. The molecule has 4 atom stereocenters. The number of ether oxygens (including phenoxy) is 3. The zero-order chi connectivity index (χ0) is 46.6. The van der Waals surface area contributed by atoms with Crippen LogP contribution in [0.5, 0.6) is 23.0 Å². The molecule has 7 rings (SSSR count). The first-order valence-electron chi connectivity index (χ1n) is 18.6. The van der Waals surface area contributed by atoms with Crippen LogP contribution in [-0.2, 0) is 32.0 Å². The lowest BCUT2D eigenvalue weighted by atomic mass is 10.0. The number of nitrogens with two attached hydrogens (primary N) is 1. The lowest BCUT2D eigenvalue weighted by Crippen LogP contribution is -2.41. The van der Waals surface area contributed by atoms with Crippen molar-refractivity contribution in [2.45, 2.75) is 98.7 Å². The highest BCUT2D eigenvalue weighted by molar-refractivity contribution is 9.11. The number of nitrogens with zero attached hydrogens (tertiary/aromatic N) is 1. The zero-order valence-electron chi connectivity index (χ0n) is 34.6. The van der Waals surface area contributed by atoms with Gasteiger partial charge in [-0.3, -0.25) is 19.2 Å². The number of alkyl halides is 1. The summed E-state index contributed by atoms with van der Waals surface area (Å²) in [5, 5.41) is 7.48. The van der Waals surface area contributed by atoms with Crippen LogP contribution in [-0.4, -0.2) is 65.4 Å². The number of hydrogen-bond acceptors (Lipinski definition) is 9. The van der Waals surface area contributed by atoms with E-state index in [0.717, 1.165) is 59.2 Å². The number of halogens is 7. The summed E-state index contributed by atoms with van der Waals surface area (Å²) in [5.74, 6) is 2.97. The molecule has 0 aromatic heterocycles. The summed E-state index contributed by atoms with van der Waals surface area (Å²) in [7, 11) is 4.50. The summed E-state index contributed by atoms with van der Waals surface area (Å²) in [4.78, 5) is 43.5. The highest BCUT2D eigenvalue weighted by atomic mass is 79.9. The highest BCUT2D eigenvalue weighted by Crippen LogP contribution is 2.36. The van der Waals surface area contributed by atoms with Crippen LogP contribution in [0, 0.1) is 0 Å². The average molecular weight is 1170 g/mol. The number of aryl methyl sites for hydroxylation is 1. The van der Waals surface area contributed by atoms with E-state index in [1.807, 2.05) is 55.5 Å².